The van der Waals surface area contributed by atoms with E-state index in [1.54, 1.807) is 29.7 Å². The lowest BCUT2D eigenvalue weighted by molar-refractivity contribution is 0.415. The molecule has 0 aliphatic rings. The summed E-state index contributed by atoms with van der Waals surface area (Å²) in [4.78, 5) is 13.5. The molecule has 5 rings (SSSR count). The Balaban J connectivity index is 1.85. The van der Waals surface area contributed by atoms with Crippen molar-refractivity contribution in [1.29, 1.82) is 5.26 Å². The number of nitriles is 1. The quantitative estimate of drug-likeness (QED) is 0.457. The summed E-state index contributed by atoms with van der Waals surface area (Å²) in [6.07, 6.45) is 3.07. The monoisotopic (exact) mass is 424 g/mol. The molecule has 2 aromatic carbocycles. The van der Waals surface area contributed by atoms with Gasteiger partial charge in [0.15, 0.2) is 0 Å². The number of nitrogen functional groups attached to an aromatic ring is 1. The van der Waals surface area contributed by atoms with Gasteiger partial charge in [-0.3, -0.25) is 4.79 Å². The van der Waals surface area contributed by atoms with Gasteiger partial charge < -0.3 is 10.5 Å². The third-order valence-electron chi connectivity index (χ3n) is 5.04. The minimum Gasteiger partial charge on any atom is -0.497 e. The Bertz CT molecular complexity index is 1590. The second-order valence-corrected chi connectivity index (χ2v) is 6.88. The molecule has 0 saturated heterocycles. The summed E-state index contributed by atoms with van der Waals surface area (Å²) in [6.45, 7) is 0. The molecule has 10 nitrogen and oxygen atoms in total. The molecule has 0 aliphatic carbocycles. The maximum absolute atomic E-state index is 13.5. The van der Waals surface area contributed by atoms with Gasteiger partial charge in [-0.05, 0) is 35.9 Å². The molecule has 0 amide bonds. The lowest BCUT2D eigenvalue weighted by Gasteiger charge is -2.01. The molecule has 3 aromatic heterocycles. The molecular weight excluding hydrogens is 408 g/mol. The SMILES string of the molecule is COc1ccc(/C=c2\c(=O)n(-c3ccccc3)c3nnc(-n4ncc(C#N)c4N)n23)cc1. The first kappa shape index (κ1) is 19.1. The van der Waals surface area contributed by atoms with Crippen molar-refractivity contribution < 1.29 is 4.74 Å². The Kier molecular flexibility index (Phi) is 4.42. The number of hydrogen-bond acceptors (Lipinski definition) is 7. The highest BCUT2D eigenvalue weighted by Gasteiger charge is 2.21. The van der Waals surface area contributed by atoms with E-state index < -0.39 is 0 Å². The lowest BCUT2D eigenvalue weighted by Crippen LogP contribution is -2.31. The summed E-state index contributed by atoms with van der Waals surface area (Å²) < 4.78 is 9.54. The van der Waals surface area contributed by atoms with Crippen molar-refractivity contribution in [2.24, 2.45) is 0 Å². The van der Waals surface area contributed by atoms with E-state index in [0.29, 0.717) is 22.6 Å². The normalized spacial score (nSPS) is 11.7. The molecule has 0 radical (unpaired) electrons. The van der Waals surface area contributed by atoms with Crippen LogP contribution < -0.4 is 21.4 Å². The number of aromatic nitrogens is 6. The number of para-hydroxylation sites is 1. The van der Waals surface area contributed by atoms with Gasteiger partial charge in [0.25, 0.3) is 11.5 Å². The molecule has 0 unspecified atom stereocenters. The number of hydrogen-bond donors (Lipinski definition) is 1. The number of benzene rings is 2. The molecule has 156 valence electrons. The summed E-state index contributed by atoms with van der Waals surface area (Å²) in [5, 5.41) is 22.2. The zero-order valence-corrected chi connectivity index (χ0v) is 16.9. The van der Waals surface area contributed by atoms with Crippen molar-refractivity contribution in [3.05, 3.63) is 87.6 Å². The summed E-state index contributed by atoms with van der Waals surface area (Å²) in [5.74, 6) is 1.31. The van der Waals surface area contributed by atoms with Gasteiger partial charge in [-0.15, -0.1) is 10.2 Å². The van der Waals surface area contributed by atoms with E-state index in [-0.39, 0.29) is 22.9 Å². The number of rotatable bonds is 4. The summed E-state index contributed by atoms with van der Waals surface area (Å²) in [6, 6.07) is 18.4. The highest BCUT2D eigenvalue weighted by molar-refractivity contribution is 5.56. The first-order valence-corrected chi connectivity index (χ1v) is 9.57. The largest absolute Gasteiger partial charge is 0.497 e. The average Bonchev–Trinajstić information content (AvgIpc) is 3.48. The average molecular weight is 424 g/mol. The Labute approximate surface area is 181 Å². The Morgan fingerprint density at radius 2 is 1.84 bits per heavy atom. The van der Waals surface area contributed by atoms with Crippen molar-refractivity contribution in [1.82, 2.24) is 28.9 Å². The van der Waals surface area contributed by atoms with Crippen LogP contribution in [0.4, 0.5) is 5.82 Å². The zero-order valence-electron chi connectivity index (χ0n) is 16.9. The number of nitrogens with zero attached hydrogens (tertiary/aromatic N) is 7. The highest BCUT2D eigenvalue weighted by atomic mass is 16.5. The van der Waals surface area contributed by atoms with Gasteiger partial charge in [-0.1, -0.05) is 30.3 Å². The van der Waals surface area contributed by atoms with Crippen LogP contribution in [-0.4, -0.2) is 36.1 Å². The van der Waals surface area contributed by atoms with E-state index in [1.165, 1.54) is 15.4 Å². The number of methoxy groups -OCH3 is 1. The van der Waals surface area contributed by atoms with Crippen molar-refractivity contribution in [2.75, 3.05) is 12.8 Å². The van der Waals surface area contributed by atoms with Crippen LogP contribution in [0, 0.1) is 11.3 Å². The van der Waals surface area contributed by atoms with Crippen LogP contribution >= 0.6 is 0 Å². The van der Waals surface area contributed by atoms with Crippen LogP contribution in [-0.2, 0) is 0 Å². The lowest BCUT2D eigenvalue weighted by atomic mass is 10.2. The number of imidazole rings is 1. The zero-order chi connectivity index (χ0) is 22.2. The number of anilines is 1. The Morgan fingerprint density at radius 3 is 2.50 bits per heavy atom. The fraction of sp³-hybridized carbons (Fsp3) is 0.0455. The minimum atomic E-state index is -0.288. The van der Waals surface area contributed by atoms with E-state index >= 15 is 0 Å². The maximum Gasteiger partial charge on any atom is 0.282 e. The number of nitrogens with two attached hydrogens (primary N) is 1. The topological polar surface area (TPSA) is 129 Å². The van der Waals surface area contributed by atoms with Gasteiger partial charge in [-0.25, -0.2) is 8.97 Å². The predicted octanol–water partition coefficient (Wildman–Crippen LogP) is 1.08. The van der Waals surface area contributed by atoms with Crippen molar-refractivity contribution in [3.8, 4) is 23.5 Å². The molecule has 0 aliphatic heterocycles. The first-order chi connectivity index (χ1) is 15.6. The standard InChI is InChI=1S/C22H16N8O2/c1-32-17-9-7-14(8-10-17)11-18-20(31)28(16-5-3-2-4-6-16)21-26-27-22(29(18)21)30-19(24)15(12-23)13-25-30/h2-11,13H,24H2,1H3/b18-11+. The Hall–Kier alpha value is -4.91. The maximum atomic E-state index is 13.5. The van der Waals surface area contributed by atoms with Gasteiger partial charge in [-0.2, -0.15) is 15.0 Å². The molecule has 0 saturated carbocycles. The van der Waals surface area contributed by atoms with E-state index in [1.807, 2.05) is 48.5 Å². The van der Waals surface area contributed by atoms with Gasteiger partial charge in [0.2, 0.25) is 5.78 Å². The van der Waals surface area contributed by atoms with Gasteiger partial charge in [0.05, 0.1) is 19.0 Å². The molecule has 5 aromatic rings. The third kappa shape index (κ3) is 2.88. The van der Waals surface area contributed by atoms with Crippen molar-refractivity contribution >= 4 is 17.7 Å². The minimum absolute atomic E-state index is 0.108. The van der Waals surface area contributed by atoms with Gasteiger partial charge >= 0.3 is 0 Å². The summed E-state index contributed by atoms with van der Waals surface area (Å²) >= 11 is 0. The van der Waals surface area contributed by atoms with Crippen molar-refractivity contribution in [2.45, 2.75) is 0 Å². The number of ether oxygens (including phenoxy) is 1. The third-order valence-corrected chi connectivity index (χ3v) is 5.04. The van der Waals surface area contributed by atoms with Gasteiger partial charge in [0, 0.05) is 0 Å². The van der Waals surface area contributed by atoms with Crippen LogP contribution in [0.3, 0.4) is 0 Å². The van der Waals surface area contributed by atoms with Crippen LogP contribution in [0.25, 0.3) is 23.5 Å². The smallest absolute Gasteiger partial charge is 0.282 e. The molecular formula is C22H16N8O2. The molecule has 3 heterocycles. The molecule has 32 heavy (non-hydrogen) atoms. The number of fused-ring (bicyclic) bond motifs is 1. The Morgan fingerprint density at radius 1 is 1.09 bits per heavy atom. The molecule has 0 spiro atoms. The fourth-order valence-electron chi connectivity index (χ4n) is 3.46. The fourth-order valence-corrected chi connectivity index (χ4v) is 3.46. The van der Waals surface area contributed by atoms with E-state index in [2.05, 4.69) is 15.3 Å². The van der Waals surface area contributed by atoms with Crippen LogP contribution in [0.15, 0.2) is 65.6 Å². The second-order valence-electron chi connectivity index (χ2n) is 6.88. The molecule has 0 bridgehead atoms. The second kappa shape index (κ2) is 7.41. The highest BCUT2D eigenvalue weighted by Crippen LogP contribution is 2.17. The van der Waals surface area contributed by atoms with Crippen molar-refractivity contribution in [3.63, 3.8) is 0 Å². The first-order valence-electron chi connectivity index (χ1n) is 9.57. The van der Waals surface area contributed by atoms with E-state index in [9.17, 15) is 10.1 Å². The predicted molar refractivity (Wildman–Crippen MR) is 117 cm³/mol. The van der Waals surface area contributed by atoms with Crippen LogP contribution in [0.2, 0.25) is 0 Å². The van der Waals surface area contributed by atoms with Crippen LogP contribution in [0.5, 0.6) is 5.75 Å². The van der Waals surface area contributed by atoms with Gasteiger partial charge in [0.1, 0.15) is 28.5 Å². The molecule has 2 N–H and O–H groups in total. The summed E-state index contributed by atoms with van der Waals surface area (Å²) in [5.41, 5.74) is 7.41. The molecule has 0 fully saturated rings. The van der Waals surface area contributed by atoms with E-state index in [4.69, 9.17) is 10.5 Å². The van der Waals surface area contributed by atoms with E-state index in [0.717, 1.165) is 5.56 Å². The summed E-state index contributed by atoms with van der Waals surface area (Å²) in [7, 11) is 1.59. The van der Waals surface area contributed by atoms with Crippen LogP contribution in [0.1, 0.15) is 11.1 Å². The molecule has 10 heteroatoms. The molecule has 0 atom stereocenters.